The van der Waals surface area contributed by atoms with Gasteiger partial charge in [0.05, 0.1) is 30.2 Å². The van der Waals surface area contributed by atoms with Gasteiger partial charge < -0.3 is 20.7 Å². The largest absolute Gasteiger partial charge is 0.495 e. The molecule has 10 heteroatoms. The van der Waals surface area contributed by atoms with Crippen LogP contribution in [0, 0.1) is 0 Å². The lowest BCUT2D eigenvalue weighted by Gasteiger charge is -2.14. The summed E-state index contributed by atoms with van der Waals surface area (Å²) < 4.78 is 5.32. The van der Waals surface area contributed by atoms with Crippen LogP contribution in [-0.2, 0) is 4.79 Å². The lowest BCUT2D eigenvalue weighted by atomic mass is 10.1. The number of allylic oxidation sites excluding steroid dienone is 1. The molecule has 9 nitrogen and oxygen atoms in total. The van der Waals surface area contributed by atoms with Crippen LogP contribution in [0.25, 0.3) is 0 Å². The van der Waals surface area contributed by atoms with Crippen LogP contribution in [0.5, 0.6) is 5.75 Å². The fourth-order valence-corrected chi connectivity index (χ4v) is 3.01. The first-order valence-corrected chi connectivity index (χ1v) is 10.0. The Morgan fingerprint density at radius 2 is 1.85 bits per heavy atom. The summed E-state index contributed by atoms with van der Waals surface area (Å²) in [6.45, 7) is 3.33. The van der Waals surface area contributed by atoms with E-state index in [1.54, 1.807) is 30.3 Å². The van der Waals surface area contributed by atoms with Crippen LogP contribution in [0.1, 0.15) is 20.7 Å². The number of halogens is 1. The van der Waals surface area contributed by atoms with Crippen LogP contribution in [-0.4, -0.2) is 41.6 Å². The molecular formula is C23H20ClN5O4. The van der Waals surface area contributed by atoms with Gasteiger partial charge in [-0.2, -0.15) is 4.98 Å². The van der Waals surface area contributed by atoms with Gasteiger partial charge in [-0.15, -0.1) is 0 Å². The molecule has 0 aliphatic heterocycles. The van der Waals surface area contributed by atoms with Crippen molar-refractivity contribution in [1.29, 1.82) is 0 Å². The van der Waals surface area contributed by atoms with E-state index in [1.165, 1.54) is 32.5 Å². The molecule has 0 spiro atoms. The minimum atomic E-state index is -0.727. The van der Waals surface area contributed by atoms with E-state index in [0.29, 0.717) is 22.7 Å². The number of carbonyl (C=O) groups is 3. The molecule has 0 fully saturated rings. The normalized spacial score (nSPS) is 10.2. The Kier molecular flexibility index (Phi) is 7.37. The summed E-state index contributed by atoms with van der Waals surface area (Å²) in [4.78, 5) is 44.6. The Bertz CT molecular complexity index is 1250. The van der Waals surface area contributed by atoms with E-state index in [9.17, 15) is 14.4 Å². The van der Waals surface area contributed by atoms with Crippen molar-refractivity contribution in [3.8, 4) is 5.75 Å². The van der Waals surface area contributed by atoms with Gasteiger partial charge in [0.25, 0.3) is 5.91 Å². The summed E-state index contributed by atoms with van der Waals surface area (Å²) in [5.41, 5.74) is 1.41. The highest BCUT2D eigenvalue weighted by Gasteiger charge is 2.17. The fourth-order valence-electron chi connectivity index (χ4n) is 2.87. The van der Waals surface area contributed by atoms with E-state index in [-0.39, 0.29) is 28.3 Å². The molecule has 0 saturated carbocycles. The molecule has 1 heterocycles. The maximum absolute atomic E-state index is 12.2. The molecule has 3 rings (SSSR count). The molecule has 3 N–H and O–H groups in total. The fraction of sp³-hybridized carbons (Fsp3) is 0.0870. The number of hydrogen-bond donors (Lipinski definition) is 3. The van der Waals surface area contributed by atoms with Gasteiger partial charge in [0.15, 0.2) is 5.82 Å². The standard InChI is InChI=1S/C23H20ClN5O4/c1-4-18(30)20(31)13-9-10-19(33-3)17(11-13)28-23-26-12-15(24)21(29-23)27-16-8-6-5-7-14(16)22(32)25-2/h4-12H,1H2,2-3H3,(H,25,32)(H2,26,27,28,29). The topological polar surface area (TPSA) is 122 Å². The van der Waals surface area contributed by atoms with Crippen LogP contribution >= 0.6 is 11.6 Å². The summed E-state index contributed by atoms with van der Waals surface area (Å²) >= 11 is 6.26. The number of nitrogens with one attached hydrogen (secondary N) is 3. The van der Waals surface area contributed by atoms with E-state index >= 15 is 0 Å². The van der Waals surface area contributed by atoms with Crippen LogP contribution in [0.3, 0.4) is 0 Å². The van der Waals surface area contributed by atoms with E-state index in [2.05, 4.69) is 32.5 Å². The Hall–Kier alpha value is -4.24. The lowest BCUT2D eigenvalue weighted by molar-refractivity contribution is -0.110. The van der Waals surface area contributed by atoms with Gasteiger partial charge in [-0.1, -0.05) is 30.3 Å². The molecule has 0 aliphatic rings. The summed E-state index contributed by atoms with van der Waals surface area (Å²) in [5, 5.41) is 8.80. The molecule has 0 atom stereocenters. The third-order valence-electron chi connectivity index (χ3n) is 4.51. The summed E-state index contributed by atoms with van der Waals surface area (Å²) in [6, 6.07) is 11.3. The highest BCUT2D eigenvalue weighted by Crippen LogP contribution is 2.30. The van der Waals surface area contributed by atoms with Crippen molar-refractivity contribution in [2.45, 2.75) is 0 Å². The predicted octanol–water partition coefficient (Wildman–Crippen LogP) is 3.92. The second-order valence-corrected chi connectivity index (χ2v) is 6.98. The van der Waals surface area contributed by atoms with E-state index in [1.807, 2.05) is 0 Å². The molecule has 1 amide bonds. The molecule has 3 aromatic rings. The number of benzene rings is 2. The lowest BCUT2D eigenvalue weighted by Crippen LogP contribution is -2.19. The second kappa shape index (κ2) is 10.4. The number of nitrogens with zero attached hydrogens (tertiary/aromatic N) is 2. The van der Waals surface area contributed by atoms with E-state index < -0.39 is 11.6 Å². The van der Waals surface area contributed by atoms with E-state index in [4.69, 9.17) is 16.3 Å². The molecule has 0 unspecified atom stereocenters. The smallest absolute Gasteiger partial charge is 0.253 e. The minimum Gasteiger partial charge on any atom is -0.495 e. The number of hydrogen-bond acceptors (Lipinski definition) is 8. The first kappa shape index (κ1) is 23.4. The number of rotatable bonds is 9. The van der Waals surface area contributed by atoms with Crippen LogP contribution in [0.2, 0.25) is 5.02 Å². The number of aromatic nitrogens is 2. The summed E-state index contributed by atoms with van der Waals surface area (Å²) in [7, 11) is 3.00. The summed E-state index contributed by atoms with van der Waals surface area (Å²) in [5.74, 6) is -0.926. The predicted molar refractivity (Wildman–Crippen MR) is 126 cm³/mol. The maximum atomic E-state index is 12.2. The number of ether oxygens (including phenoxy) is 1. The van der Waals surface area contributed by atoms with Crippen molar-refractivity contribution < 1.29 is 19.1 Å². The monoisotopic (exact) mass is 465 g/mol. The number of amides is 1. The zero-order chi connectivity index (χ0) is 24.0. The van der Waals surface area contributed by atoms with Gasteiger partial charge in [-0.3, -0.25) is 14.4 Å². The molecule has 168 valence electrons. The van der Waals surface area contributed by atoms with Crippen molar-refractivity contribution in [2.24, 2.45) is 0 Å². The average molecular weight is 466 g/mol. The number of ketones is 2. The first-order valence-electron chi connectivity index (χ1n) is 9.64. The number of Topliss-reactive ketones (excluding diaryl/α,β-unsaturated/α-hetero) is 1. The van der Waals surface area contributed by atoms with Crippen molar-refractivity contribution in [2.75, 3.05) is 24.8 Å². The SMILES string of the molecule is C=CC(=O)C(=O)c1ccc(OC)c(Nc2ncc(Cl)c(Nc3ccccc3C(=O)NC)n2)c1. The Labute approximate surface area is 194 Å². The van der Waals surface area contributed by atoms with Crippen molar-refractivity contribution in [1.82, 2.24) is 15.3 Å². The van der Waals surface area contributed by atoms with Gasteiger partial charge in [0.1, 0.15) is 10.8 Å². The Morgan fingerprint density at radius 1 is 1.09 bits per heavy atom. The van der Waals surface area contributed by atoms with Gasteiger partial charge in [-0.25, -0.2) is 4.98 Å². The number of anilines is 4. The number of methoxy groups -OCH3 is 1. The number of para-hydroxylation sites is 1. The molecule has 0 bridgehead atoms. The van der Waals surface area contributed by atoms with Crippen molar-refractivity contribution in [3.63, 3.8) is 0 Å². The molecule has 0 radical (unpaired) electrons. The second-order valence-electron chi connectivity index (χ2n) is 6.58. The molecular weight excluding hydrogens is 446 g/mol. The van der Waals surface area contributed by atoms with Gasteiger partial charge in [0, 0.05) is 12.6 Å². The van der Waals surface area contributed by atoms with Crippen molar-refractivity contribution >= 4 is 52.2 Å². The van der Waals surface area contributed by atoms with E-state index in [0.717, 1.165) is 6.08 Å². The molecule has 0 saturated heterocycles. The van der Waals surface area contributed by atoms with Crippen LogP contribution < -0.4 is 20.7 Å². The quantitative estimate of drug-likeness (QED) is 0.247. The van der Waals surface area contributed by atoms with Crippen molar-refractivity contribution in [3.05, 3.63) is 77.5 Å². The maximum Gasteiger partial charge on any atom is 0.253 e. The van der Waals surface area contributed by atoms with Gasteiger partial charge in [0.2, 0.25) is 17.5 Å². The Morgan fingerprint density at radius 3 is 2.55 bits per heavy atom. The molecule has 33 heavy (non-hydrogen) atoms. The highest BCUT2D eigenvalue weighted by atomic mass is 35.5. The first-order chi connectivity index (χ1) is 15.9. The Balaban J connectivity index is 1.94. The summed E-state index contributed by atoms with van der Waals surface area (Å²) in [6.07, 6.45) is 2.33. The minimum absolute atomic E-state index is 0.136. The molecule has 0 aliphatic carbocycles. The average Bonchev–Trinajstić information content (AvgIpc) is 2.84. The number of carbonyl (C=O) groups excluding carboxylic acids is 3. The van der Waals surface area contributed by atoms with Gasteiger partial charge >= 0.3 is 0 Å². The molecule has 1 aromatic heterocycles. The van der Waals surface area contributed by atoms with Crippen LogP contribution in [0.4, 0.5) is 23.1 Å². The molecule has 2 aromatic carbocycles. The third kappa shape index (κ3) is 5.34. The van der Waals surface area contributed by atoms with Gasteiger partial charge in [-0.05, 0) is 36.4 Å². The zero-order valence-corrected chi connectivity index (χ0v) is 18.6. The third-order valence-corrected chi connectivity index (χ3v) is 4.79. The highest BCUT2D eigenvalue weighted by molar-refractivity contribution is 6.47. The van der Waals surface area contributed by atoms with Crippen LogP contribution in [0.15, 0.2) is 61.3 Å². The zero-order valence-electron chi connectivity index (χ0n) is 17.8.